The molecule has 18 heavy (non-hydrogen) atoms. The van der Waals surface area contributed by atoms with Gasteiger partial charge in [-0.25, -0.2) is 4.79 Å². The van der Waals surface area contributed by atoms with Gasteiger partial charge in [0.1, 0.15) is 5.75 Å². The number of hydrogen-bond acceptors (Lipinski definition) is 4. The van der Waals surface area contributed by atoms with E-state index in [9.17, 15) is 4.79 Å². The minimum absolute atomic E-state index is 0.292. The van der Waals surface area contributed by atoms with Crippen LogP contribution in [0.25, 0.3) is 0 Å². The number of ether oxygens (including phenoxy) is 2. The molecule has 2 aliphatic rings. The molecule has 0 saturated heterocycles. The van der Waals surface area contributed by atoms with E-state index in [4.69, 9.17) is 4.74 Å². The fourth-order valence-corrected chi connectivity index (χ4v) is 2.98. The molecule has 1 heterocycles. The van der Waals surface area contributed by atoms with Crippen LogP contribution >= 0.6 is 0 Å². The first-order valence-electron chi connectivity index (χ1n) is 6.41. The normalized spacial score (nSPS) is 20.9. The number of carbonyl (C=O) groups excluding carboxylic acids is 1. The largest absolute Gasteiger partial charge is 0.489 e. The van der Waals surface area contributed by atoms with Gasteiger partial charge < -0.3 is 9.47 Å². The Morgan fingerprint density at radius 1 is 1.39 bits per heavy atom. The summed E-state index contributed by atoms with van der Waals surface area (Å²) in [5, 5.41) is 0. The molecular formula is C14H17NO3. The fourth-order valence-electron chi connectivity index (χ4n) is 2.98. The van der Waals surface area contributed by atoms with Gasteiger partial charge in [0.2, 0.25) is 0 Å². The zero-order valence-corrected chi connectivity index (χ0v) is 10.5. The Balaban J connectivity index is 1.61. The third kappa shape index (κ3) is 1.96. The predicted molar refractivity (Wildman–Crippen MR) is 65.5 cm³/mol. The minimum Gasteiger partial charge on any atom is -0.489 e. The summed E-state index contributed by atoms with van der Waals surface area (Å²) in [7, 11) is 1.36. The van der Waals surface area contributed by atoms with Gasteiger partial charge in [0.25, 0.3) is 0 Å². The topological polar surface area (TPSA) is 48.4 Å². The monoisotopic (exact) mass is 247 g/mol. The van der Waals surface area contributed by atoms with Crippen molar-refractivity contribution in [2.45, 2.75) is 38.2 Å². The maximum Gasteiger partial charge on any atom is 0.339 e. The number of carbonyl (C=O) groups is 1. The van der Waals surface area contributed by atoms with Gasteiger partial charge >= 0.3 is 5.97 Å². The molecular weight excluding hydrogens is 230 g/mol. The van der Waals surface area contributed by atoms with Gasteiger partial charge in [0.05, 0.1) is 25.0 Å². The zero-order valence-electron chi connectivity index (χ0n) is 10.5. The van der Waals surface area contributed by atoms with Crippen molar-refractivity contribution in [1.82, 2.24) is 4.98 Å². The molecule has 1 spiro atoms. The number of aromatic nitrogens is 1. The van der Waals surface area contributed by atoms with E-state index in [0.717, 1.165) is 12.8 Å². The van der Waals surface area contributed by atoms with Gasteiger partial charge in [0.15, 0.2) is 0 Å². The number of pyridine rings is 1. The molecule has 0 bridgehead atoms. The minimum atomic E-state index is -0.378. The van der Waals surface area contributed by atoms with Gasteiger partial charge in [-0.2, -0.15) is 0 Å². The van der Waals surface area contributed by atoms with Crippen LogP contribution in [0.15, 0.2) is 18.5 Å². The quantitative estimate of drug-likeness (QED) is 0.770. The SMILES string of the molecule is COC(=O)c1cncc(OC2CC3(CCC3)C2)c1. The summed E-state index contributed by atoms with van der Waals surface area (Å²) >= 11 is 0. The predicted octanol–water partition coefficient (Wildman–Crippen LogP) is 2.58. The van der Waals surface area contributed by atoms with E-state index < -0.39 is 0 Å². The summed E-state index contributed by atoms with van der Waals surface area (Å²) in [5.41, 5.74) is 1.03. The average molecular weight is 247 g/mol. The second kappa shape index (κ2) is 4.26. The summed E-state index contributed by atoms with van der Waals surface area (Å²) < 4.78 is 10.5. The lowest BCUT2D eigenvalue weighted by molar-refractivity contribution is -0.0682. The summed E-state index contributed by atoms with van der Waals surface area (Å²) in [6.45, 7) is 0. The number of methoxy groups -OCH3 is 1. The molecule has 0 atom stereocenters. The van der Waals surface area contributed by atoms with Crippen LogP contribution in [0.4, 0.5) is 0 Å². The first-order chi connectivity index (χ1) is 8.71. The summed E-state index contributed by atoms with van der Waals surface area (Å²) in [6, 6.07) is 1.70. The van der Waals surface area contributed by atoms with E-state index in [2.05, 4.69) is 9.72 Å². The van der Waals surface area contributed by atoms with Crippen molar-refractivity contribution in [3.05, 3.63) is 24.0 Å². The lowest BCUT2D eigenvalue weighted by atomic mass is 9.55. The molecule has 1 aromatic rings. The molecule has 3 rings (SSSR count). The Morgan fingerprint density at radius 2 is 2.17 bits per heavy atom. The number of esters is 1. The lowest BCUT2D eigenvalue weighted by Gasteiger charge is -2.53. The number of hydrogen-bond donors (Lipinski definition) is 0. The van der Waals surface area contributed by atoms with Crippen LogP contribution < -0.4 is 4.74 Å². The molecule has 96 valence electrons. The molecule has 1 aromatic heterocycles. The zero-order chi connectivity index (χ0) is 12.6. The highest BCUT2D eigenvalue weighted by Crippen LogP contribution is 2.56. The molecule has 0 N–H and O–H groups in total. The van der Waals surface area contributed by atoms with E-state index in [0.29, 0.717) is 22.8 Å². The summed E-state index contributed by atoms with van der Waals surface area (Å²) in [5.74, 6) is 0.286. The van der Waals surface area contributed by atoms with Gasteiger partial charge in [-0.3, -0.25) is 4.98 Å². The Kier molecular flexibility index (Phi) is 2.73. The van der Waals surface area contributed by atoms with Gasteiger partial charge in [0, 0.05) is 6.20 Å². The smallest absolute Gasteiger partial charge is 0.339 e. The first kappa shape index (κ1) is 11.5. The second-order valence-corrected chi connectivity index (χ2v) is 5.40. The molecule has 0 unspecified atom stereocenters. The Labute approximate surface area is 106 Å². The van der Waals surface area contributed by atoms with Crippen LogP contribution in [0.3, 0.4) is 0 Å². The standard InChI is InChI=1S/C14H17NO3/c1-17-13(16)10-5-11(9-15-8-10)18-12-6-14(7-12)3-2-4-14/h5,8-9,12H,2-4,6-7H2,1H3. The molecule has 2 fully saturated rings. The van der Waals surface area contributed by atoms with E-state index in [1.165, 1.54) is 32.6 Å². The Hall–Kier alpha value is -1.58. The van der Waals surface area contributed by atoms with Crippen LogP contribution in [-0.4, -0.2) is 24.2 Å². The third-order valence-electron chi connectivity index (χ3n) is 4.17. The molecule has 0 amide bonds. The Morgan fingerprint density at radius 3 is 2.78 bits per heavy atom. The molecule has 4 heteroatoms. The lowest BCUT2D eigenvalue weighted by Crippen LogP contribution is -2.48. The molecule has 2 saturated carbocycles. The average Bonchev–Trinajstić information content (AvgIpc) is 2.30. The van der Waals surface area contributed by atoms with Crippen LogP contribution in [0.5, 0.6) is 5.75 Å². The van der Waals surface area contributed by atoms with Crippen molar-refractivity contribution in [3.63, 3.8) is 0 Å². The van der Waals surface area contributed by atoms with Crippen molar-refractivity contribution < 1.29 is 14.3 Å². The first-order valence-corrected chi connectivity index (χ1v) is 6.41. The van der Waals surface area contributed by atoms with Crippen LogP contribution in [0, 0.1) is 5.41 Å². The van der Waals surface area contributed by atoms with E-state index in [1.54, 1.807) is 12.3 Å². The van der Waals surface area contributed by atoms with E-state index in [1.807, 2.05) is 0 Å². The van der Waals surface area contributed by atoms with Crippen LogP contribution in [-0.2, 0) is 4.74 Å². The molecule has 4 nitrogen and oxygen atoms in total. The summed E-state index contributed by atoms with van der Waals surface area (Å²) in [6.07, 6.45) is 9.81. The van der Waals surface area contributed by atoms with Crippen molar-refractivity contribution >= 4 is 5.97 Å². The van der Waals surface area contributed by atoms with Crippen molar-refractivity contribution in [1.29, 1.82) is 0 Å². The van der Waals surface area contributed by atoms with Crippen molar-refractivity contribution in [2.24, 2.45) is 5.41 Å². The van der Waals surface area contributed by atoms with Gasteiger partial charge in [-0.1, -0.05) is 6.42 Å². The third-order valence-corrected chi connectivity index (χ3v) is 4.17. The van der Waals surface area contributed by atoms with Crippen molar-refractivity contribution in [3.8, 4) is 5.75 Å². The molecule has 0 aliphatic heterocycles. The maximum atomic E-state index is 11.4. The second-order valence-electron chi connectivity index (χ2n) is 5.40. The van der Waals surface area contributed by atoms with Crippen LogP contribution in [0.2, 0.25) is 0 Å². The van der Waals surface area contributed by atoms with E-state index >= 15 is 0 Å². The Bertz CT molecular complexity index is 460. The molecule has 0 radical (unpaired) electrons. The number of rotatable bonds is 3. The van der Waals surface area contributed by atoms with Gasteiger partial charge in [-0.05, 0) is 37.2 Å². The number of nitrogens with zero attached hydrogens (tertiary/aromatic N) is 1. The molecule has 2 aliphatic carbocycles. The molecule has 0 aromatic carbocycles. The highest BCUT2D eigenvalue weighted by atomic mass is 16.5. The summed E-state index contributed by atoms with van der Waals surface area (Å²) in [4.78, 5) is 15.4. The van der Waals surface area contributed by atoms with E-state index in [-0.39, 0.29) is 5.97 Å². The highest BCUT2D eigenvalue weighted by Gasteiger charge is 2.49. The maximum absolute atomic E-state index is 11.4. The van der Waals surface area contributed by atoms with Crippen LogP contribution in [0.1, 0.15) is 42.5 Å². The highest BCUT2D eigenvalue weighted by molar-refractivity contribution is 5.89. The van der Waals surface area contributed by atoms with Crippen molar-refractivity contribution in [2.75, 3.05) is 7.11 Å². The van der Waals surface area contributed by atoms with Gasteiger partial charge in [-0.15, -0.1) is 0 Å². The fraction of sp³-hybridized carbons (Fsp3) is 0.571.